The van der Waals surface area contributed by atoms with Gasteiger partial charge in [0.15, 0.2) is 0 Å². The van der Waals surface area contributed by atoms with Gasteiger partial charge in [0.25, 0.3) is 5.69 Å². The van der Waals surface area contributed by atoms with Crippen molar-refractivity contribution in [3.05, 3.63) is 33.9 Å². The summed E-state index contributed by atoms with van der Waals surface area (Å²) < 4.78 is 0. The van der Waals surface area contributed by atoms with Gasteiger partial charge < -0.3 is 15.7 Å². The van der Waals surface area contributed by atoms with Gasteiger partial charge in [-0.05, 0) is 18.4 Å². The molecule has 0 spiro atoms. The van der Waals surface area contributed by atoms with Crippen LogP contribution in [0.3, 0.4) is 0 Å². The van der Waals surface area contributed by atoms with E-state index in [4.69, 9.17) is 0 Å². The number of rotatable bonds is 7. The lowest BCUT2D eigenvalue weighted by Crippen LogP contribution is -2.38. The number of aliphatic hydroxyl groups excluding tert-OH is 1. The number of nitrogens with one attached hydrogen (secondary N) is 2. The minimum Gasteiger partial charge on any atom is -0.391 e. The zero-order chi connectivity index (χ0) is 16.7. The molecule has 0 aromatic heterocycles. The van der Waals surface area contributed by atoms with E-state index in [1.54, 1.807) is 13.0 Å². The Hall–Kier alpha value is -2.15. The number of urea groups is 1. The van der Waals surface area contributed by atoms with Crippen molar-refractivity contribution in [1.82, 2.24) is 5.32 Å². The van der Waals surface area contributed by atoms with Crippen LogP contribution in [0.1, 0.15) is 32.3 Å². The van der Waals surface area contributed by atoms with Crippen LogP contribution in [0.5, 0.6) is 0 Å². The third kappa shape index (κ3) is 5.00. The predicted molar refractivity (Wildman–Crippen MR) is 84.9 cm³/mol. The van der Waals surface area contributed by atoms with Crippen molar-refractivity contribution in [3.63, 3.8) is 0 Å². The number of anilines is 1. The van der Waals surface area contributed by atoms with Crippen molar-refractivity contribution in [3.8, 4) is 0 Å². The molecule has 0 fully saturated rings. The van der Waals surface area contributed by atoms with Crippen molar-refractivity contribution < 1.29 is 14.8 Å². The van der Waals surface area contributed by atoms with Crippen LogP contribution in [0.2, 0.25) is 0 Å². The van der Waals surface area contributed by atoms with Gasteiger partial charge in [-0.15, -0.1) is 0 Å². The summed E-state index contributed by atoms with van der Waals surface area (Å²) in [5.74, 6) is 0.139. The number of benzene rings is 1. The van der Waals surface area contributed by atoms with Gasteiger partial charge in [-0.25, -0.2) is 4.79 Å². The molecule has 0 saturated carbocycles. The van der Waals surface area contributed by atoms with Crippen LogP contribution in [0, 0.1) is 23.0 Å². The zero-order valence-electron chi connectivity index (χ0n) is 13.1. The number of carbonyl (C=O) groups is 1. The molecule has 1 aromatic rings. The standard InChI is InChI=1S/C15H23N3O4/c1-4-11(5-2)14(19)9-16-15(20)17-13-8-12(18(21)22)7-6-10(13)3/h6-8,11,14,19H,4-5,9H2,1-3H3,(H2,16,17,20). The number of aryl methyl sites for hydroxylation is 1. The Labute approximate surface area is 129 Å². The lowest BCUT2D eigenvalue weighted by atomic mass is 9.97. The number of nitro benzene ring substituents is 1. The summed E-state index contributed by atoms with van der Waals surface area (Å²) >= 11 is 0. The summed E-state index contributed by atoms with van der Waals surface area (Å²) in [5, 5.41) is 25.9. The van der Waals surface area contributed by atoms with Crippen molar-refractivity contribution >= 4 is 17.4 Å². The van der Waals surface area contributed by atoms with Gasteiger partial charge in [0.05, 0.1) is 16.7 Å². The average Bonchev–Trinajstić information content (AvgIpc) is 2.48. The van der Waals surface area contributed by atoms with Crippen LogP contribution < -0.4 is 10.6 Å². The number of carbonyl (C=O) groups excluding carboxylic acids is 1. The van der Waals surface area contributed by atoms with E-state index in [9.17, 15) is 20.0 Å². The number of nitrogens with zero attached hydrogens (tertiary/aromatic N) is 1. The minimum atomic E-state index is -0.605. The Kier molecular flexibility index (Phi) is 6.78. The molecule has 1 rings (SSSR count). The fourth-order valence-corrected chi connectivity index (χ4v) is 2.22. The molecule has 0 bridgehead atoms. The van der Waals surface area contributed by atoms with Gasteiger partial charge in [0.1, 0.15) is 0 Å². The Balaban J connectivity index is 2.62. The number of amides is 2. The van der Waals surface area contributed by atoms with Crippen LogP contribution in [-0.4, -0.2) is 28.7 Å². The quantitative estimate of drug-likeness (QED) is 0.532. The van der Waals surface area contributed by atoms with E-state index in [1.165, 1.54) is 12.1 Å². The monoisotopic (exact) mass is 309 g/mol. The lowest BCUT2D eigenvalue weighted by Gasteiger charge is -2.20. The molecule has 3 N–H and O–H groups in total. The van der Waals surface area contributed by atoms with Crippen LogP contribution >= 0.6 is 0 Å². The third-order valence-corrected chi connectivity index (χ3v) is 3.74. The second-order valence-corrected chi connectivity index (χ2v) is 5.24. The topological polar surface area (TPSA) is 104 Å². The van der Waals surface area contributed by atoms with Crippen LogP contribution in [0.25, 0.3) is 0 Å². The van der Waals surface area contributed by atoms with E-state index >= 15 is 0 Å². The molecule has 2 amide bonds. The van der Waals surface area contributed by atoms with E-state index < -0.39 is 17.1 Å². The molecule has 0 aliphatic rings. The molecule has 0 aliphatic heterocycles. The maximum Gasteiger partial charge on any atom is 0.319 e. The van der Waals surface area contributed by atoms with E-state index in [2.05, 4.69) is 10.6 Å². The summed E-state index contributed by atoms with van der Waals surface area (Å²) in [6.45, 7) is 5.87. The van der Waals surface area contributed by atoms with Gasteiger partial charge in [-0.1, -0.05) is 32.8 Å². The smallest absolute Gasteiger partial charge is 0.319 e. The molecule has 0 radical (unpaired) electrons. The summed E-state index contributed by atoms with van der Waals surface area (Å²) in [4.78, 5) is 22.1. The van der Waals surface area contributed by atoms with Crippen LogP contribution in [0.15, 0.2) is 18.2 Å². The number of hydrogen-bond donors (Lipinski definition) is 3. The van der Waals surface area contributed by atoms with Crippen LogP contribution in [-0.2, 0) is 0 Å². The first-order valence-electron chi connectivity index (χ1n) is 7.36. The fourth-order valence-electron chi connectivity index (χ4n) is 2.22. The zero-order valence-corrected chi connectivity index (χ0v) is 13.1. The third-order valence-electron chi connectivity index (χ3n) is 3.74. The molecule has 1 unspecified atom stereocenters. The molecule has 0 aliphatic carbocycles. The summed E-state index contributed by atoms with van der Waals surface area (Å²) in [6.07, 6.45) is 1.07. The normalized spacial score (nSPS) is 12.0. The molecule has 0 heterocycles. The van der Waals surface area contributed by atoms with Crippen molar-refractivity contribution in [2.24, 2.45) is 5.92 Å². The maximum absolute atomic E-state index is 11.8. The Morgan fingerprint density at radius 1 is 1.36 bits per heavy atom. The maximum atomic E-state index is 11.8. The van der Waals surface area contributed by atoms with Crippen molar-refractivity contribution in [2.45, 2.75) is 39.7 Å². The Morgan fingerprint density at radius 3 is 2.55 bits per heavy atom. The molecule has 22 heavy (non-hydrogen) atoms. The minimum absolute atomic E-state index is 0.0852. The predicted octanol–water partition coefficient (Wildman–Crippen LogP) is 2.82. The van der Waals surface area contributed by atoms with Crippen LogP contribution in [0.4, 0.5) is 16.2 Å². The molecule has 1 aromatic carbocycles. The van der Waals surface area contributed by atoms with E-state index in [-0.39, 0.29) is 18.2 Å². The highest BCUT2D eigenvalue weighted by Crippen LogP contribution is 2.21. The Morgan fingerprint density at radius 2 is 2.00 bits per heavy atom. The van der Waals surface area contributed by atoms with Gasteiger partial charge in [0, 0.05) is 18.7 Å². The highest BCUT2D eigenvalue weighted by atomic mass is 16.6. The highest BCUT2D eigenvalue weighted by molar-refractivity contribution is 5.90. The molecule has 7 heteroatoms. The molecule has 1 atom stereocenters. The van der Waals surface area contributed by atoms with E-state index in [0.29, 0.717) is 5.69 Å². The van der Waals surface area contributed by atoms with Crippen molar-refractivity contribution in [2.75, 3.05) is 11.9 Å². The number of hydrogen-bond acceptors (Lipinski definition) is 4. The molecule has 0 saturated heterocycles. The van der Waals surface area contributed by atoms with Crippen molar-refractivity contribution in [1.29, 1.82) is 0 Å². The fraction of sp³-hybridized carbons (Fsp3) is 0.533. The molecular formula is C15H23N3O4. The summed E-state index contributed by atoms with van der Waals surface area (Å²) in [7, 11) is 0. The largest absolute Gasteiger partial charge is 0.391 e. The number of nitro groups is 1. The van der Waals surface area contributed by atoms with Gasteiger partial charge >= 0.3 is 6.03 Å². The first kappa shape index (κ1) is 17.9. The summed E-state index contributed by atoms with van der Waals surface area (Å²) in [6, 6.07) is 3.78. The van der Waals surface area contributed by atoms with Gasteiger partial charge in [-0.3, -0.25) is 10.1 Å². The van der Waals surface area contributed by atoms with E-state index in [1.807, 2.05) is 13.8 Å². The first-order chi connectivity index (χ1) is 10.4. The SMILES string of the molecule is CCC(CC)C(O)CNC(=O)Nc1cc([N+](=O)[O-])ccc1C. The average molecular weight is 309 g/mol. The number of non-ortho nitro benzene ring substituents is 1. The summed E-state index contributed by atoms with van der Waals surface area (Å²) in [5.41, 5.74) is 1.02. The Bertz CT molecular complexity index is 530. The van der Waals surface area contributed by atoms with Gasteiger partial charge in [0.2, 0.25) is 0 Å². The lowest BCUT2D eigenvalue weighted by molar-refractivity contribution is -0.384. The highest BCUT2D eigenvalue weighted by Gasteiger charge is 2.17. The second kappa shape index (κ2) is 8.33. The first-order valence-corrected chi connectivity index (χ1v) is 7.36. The van der Waals surface area contributed by atoms with Gasteiger partial charge in [-0.2, -0.15) is 0 Å². The molecule has 122 valence electrons. The second-order valence-electron chi connectivity index (χ2n) is 5.24. The molecule has 7 nitrogen and oxygen atoms in total. The van der Waals surface area contributed by atoms with E-state index in [0.717, 1.165) is 18.4 Å². The number of aliphatic hydroxyl groups is 1. The molecular weight excluding hydrogens is 286 g/mol.